The van der Waals surface area contributed by atoms with Gasteiger partial charge in [-0.1, -0.05) is 12.1 Å². The molecule has 0 saturated carbocycles. The van der Waals surface area contributed by atoms with Crippen LogP contribution in [0.25, 0.3) is 10.9 Å². The summed E-state index contributed by atoms with van der Waals surface area (Å²) in [6.45, 7) is 1.90. The van der Waals surface area contributed by atoms with Gasteiger partial charge in [0.2, 0.25) is 5.91 Å². The van der Waals surface area contributed by atoms with E-state index in [1.165, 1.54) is 0 Å². The van der Waals surface area contributed by atoms with Crippen molar-refractivity contribution in [2.75, 3.05) is 18.8 Å². The predicted molar refractivity (Wildman–Crippen MR) is 97.2 cm³/mol. The first-order valence-electron chi connectivity index (χ1n) is 8.28. The predicted octanol–water partition coefficient (Wildman–Crippen LogP) is 1.41. The second kappa shape index (κ2) is 8.30. The van der Waals surface area contributed by atoms with Crippen LogP contribution in [0.2, 0.25) is 0 Å². The van der Waals surface area contributed by atoms with Gasteiger partial charge in [-0.05, 0) is 31.5 Å². The van der Waals surface area contributed by atoms with Crippen molar-refractivity contribution in [1.29, 1.82) is 0 Å². The maximum absolute atomic E-state index is 12.0. The molecule has 0 radical (unpaired) electrons. The molecule has 1 aromatic carbocycles. The van der Waals surface area contributed by atoms with Gasteiger partial charge in [0.15, 0.2) is 0 Å². The molecule has 0 unspecified atom stereocenters. The zero-order valence-electron chi connectivity index (χ0n) is 13.5. The van der Waals surface area contributed by atoms with E-state index < -0.39 is 0 Å². The summed E-state index contributed by atoms with van der Waals surface area (Å²) in [7, 11) is 0. The fraction of sp³-hybridized carbons (Fsp3) is 0.471. The van der Waals surface area contributed by atoms with Crippen LogP contribution in [0.3, 0.4) is 0 Å². The molecule has 1 fully saturated rings. The average Bonchev–Trinajstić information content (AvgIpc) is 2.60. The molecule has 3 N–H and O–H groups in total. The number of H-pyrrole nitrogens is 1. The molecule has 24 heavy (non-hydrogen) atoms. The molecule has 128 valence electrons. The summed E-state index contributed by atoms with van der Waals surface area (Å²) in [5, 5.41) is 6.95. The van der Waals surface area contributed by atoms with Crippen LogP contribution < -0.4 is 16.2 Å². The van der Waals surface area contributed by atoms with E-state index in [-0.39, 0.29) is 17.5 Å². The molecular weight excluding hydrogens is 324 g/mol. The summed E-state index contributed by atoms with van der Waals surface area (Å²) in [5.74, 6) is 2.05. The van der Waals surface area contributed by atoms with Gasteiger partial charge in [0.25, 0.3) is 5.56 Å². The van der Waals surface area contributed by atoms with Gasteiger partial charge in [-0.25, -0.2) is 4.98 Å². The Hall–Kier alpha value is -1.86. The SMILES string of the molecule is O=C(CCSCc1nc2ccccc2c(=O)[nH]1)N[C@H]1CCCNC1. The smallest absolute Gasteiger partial charge is 0.258 e. The van der Waals surface area contributed by atoms with Crippen LogP contribution in [-0.4, -0.2) is 40.8 Å². The Balaban J connectivity index is 1.44. The lowest BCUT2D eigenvalue weighted by atomic mass is 10.1. The molecule has 0 bridgehead atoms. The molecule has 1 saturated heterocycles. The number of rotatable bonds is 6. The van der Waals surface area contributed by atoms with Gasteiger partial charge >= 0.3 is 0 Å². The van der Waals surface area contributed by atoms with Crippen LogP contribution in [-0.2, 0) is 10.5 Å². The number of hydrogen-bond acceptors (Lipinski definition) is 5. The highest BCUT2D eigenvalue weighted by Gasteiger charge is 2.14. The van der Waals surface area contributed by atoms with E-state index in [1.807, 2.05) is 18.2 Å². The van der Waals surface area contributed by atoms with E-state index >= 15 is 0 Å². The number of amides is 1. The van der Waals surface area contributed by atoms with Gasteiger partial charge in [-0.3, -0.25) is 9.59 Å². The third-order valence-electron chi connectivity index (χ3n) is 4.04. The van der Waals surface area contributed by atoms with E-state index in [9.17, 15) is 9.59 Å². The molecule has 6 nitrogen and oxygen atoms in total. The number of carbonyl (C=O) groups excluding carboxylic acids is 1. The molecule has 2 aromatic rings. The highest BCUT2D eigenvalue weighted by Crippen LogP contribution is 2.12. The molecule has 1 amide bonds. The van der Waals surface area contributed by atoms with Crippen molar-refractivity contribution < 1.29 is 4.79 Å². The molecule has 1 aliphatic rings. The molecule has 2 heterocycles. The Bertz CT molecular complexity index is 756. The lowest BCUT2D eigenvalue weighted by molar-refractivity contribution is -0.121. The van der Waals surface area contributed by atoms with Gasteiger partial charge in [-0.15, -0.1) is 0 Å². The number of aromatic nitrogens is 2. The number of piperidine rings is 1. The summed E-state index contributed by atoms with van der Waals surface area (Å²) in [4.78, 5) is 31.2. The molecule has 7 heteroatoms. The van der Waals surface area contributed by atoms with Crippen molar-refractivity contribution in [2.24, 2.45) is 0 Å². The highest BCUT2D eigenvalue weighted by atomic mass is 32.2. The number of carbonyl (C=O) groups is 1. The summed E-state index contributed by atoms with van der Waals surface area (Å²) in [6.07, 6.45) is 2.65. The lowest BCUT2D eigenvalue weighted by Crippen LogP contribution is -2.45. The Morgan fingerprint density at radius 3 is 3.08 bits per heavy atom. The largest absolute Gasteiger partial charge is 0.352 e. The maximum Gasteiger partial charge on any atom is 0.258 e. The molecule has 1 aliphatic heterocycles. The number of nitrogens with zero attached hydrogens (tertiary/aromatic N) is 1. The van der Waals surface area contributed by atoms with E-state index in [4.69, 9.17) is 0 Å². The van der Waals surface area contributed by atoms with Crippen molar-refractivity contribution >= 4 is 28.6 Å². The van der Waals surface area contributed by atoms with Gasteiger partial charge in [0, 0.05) is 24.8 Å². The van der Waals surface area contributed by atoms with Crippen LogP contribution in [0, 0.1) is 0 Å². The molecule has 3 rings (SSSR count). The zero-order chi connectivity index (χ0) is 16.8. The monoisotopic (exact) mass is 346 g/mol. The third kappa shape index (κ3) is 4.58. The van der Waals surface area contributed by atoms with Crippen molar-refractivity contribution in [3.8, 4) is 0 Å². The summed E-state index contributed by atoms with van der Waals surface area (Å²) < 4.78 is 0. The maximum atomic E-state index is 12.0. The van der Waals surface area contributed by atoms with E-state index in [0.717, 1.165) is 25.9 Å². The number of benzene rings is 1. The number of para-hydroxylation sites is 1. The average molecular weight is 346 g/mol. The second-order valence-corrected chi connectivity index (χ2v) is 7.05. The van der Waals surface area contributed by atoms with Gasteiger partial charge in [0.05, 0.1) is 16.7 Å². The van der Waals surface area contributed by atoms with E-state index in [2.05, 4.69) is 20.6 Å². The minimum Gasteiger partial charge on any atom is -0.352 e. The molecule has 1 atom stereocenters. The minimum atomic E-state index is -0.112. The normalized spacial score (nSPS) is 17.8. The number of fused-ring (bicyclic) bond motifs is 1. The lowest BCUT2D eigenvalue weighted by Gasteiger charge is -2.23. The van der Waals surface area contributed by atoms with Crippen LogP contribution >= 0.6 is 11.8 Å². The molecule has 0 spiro atoms. The number of hydrogen-bond donors (Lipinski definition) is 3. The Morgan fingerprint density at radius 2 is 2.25 bits per heavy atom. The summed E-state index contributed by atoms with van der Waals surface area (Å²) >= 11 is 1.60. The standard InChI is InChI=1S/C17H22N4O2S/c22-16(19-12-4-3-8-18-10-12)7-9-24-11-15-20-14-6-2-1-5-13(14)17(23)21-15/h1-2,5-6,12,18H,3-4,7-11H2,(H,19,22)(H,20,21,23)/t12-/m0/s1. The minimum absolute atomic E-state index is 0.0937. The number of nitrogens with one attached hydrogen (secondary N) is 3. The van der Waals surface area contributed by atoms with Crippen LogP contribution in [0.5, 0.6) is 0 Å². The van der Waals surface area contributed by atoms with Crippen molar-refractivity contribution in [3.05, 3.63) is 40.4 Å². The molecular formula is C17H22N4O2S. The van der Waals surface area contributed by atoms with Crippen LogP contribution in [0.4, 0.5) is 0 Å². The molecule has 1 aromatic heterocycles. The Morgan fingerprint density at radius 1 is 1.38 bits per heavy atom. The topological polar surface area (TPSA) is 86.9 Å². The Kier molecular flexibility index (Phi) is 5.87. The van der Waals surface area contributed by atoms with Gasteiger partial charge in [-0.2, -0.15) is 11.8 Å². The van der Waals surface area contributed by atoms with Crippen LogP contribution in [0.1, 0.15) is 25.1 Å². The van der Waals surface area contributed by atoms with Crippen molar-refractivity contribution in [1.82, 2.24) is 20.6 Å². The van der Waals surface area contributed by atoms with Gasteiger partial charge < -0.3 is 15.6 Å². The highest BCUT2D eigenvalue weighted by molar-refractivity contribution is 7.98. The second-order valence-electron chi connectivity index (χ2n) is 5.94. The third-order valence-corrected chi connectivity index (χ3v) is 5.01. The molecule has 0 aliphatic carbocycles. The fourth-order valence-electron chi connectivity index (χ4n) is 2.81. The first-order valence-corrected chi connectivity index (χ1v) is 9.43. The Labute approximate surface area is 144 Å². The van der Waals surface area contributed by atoms with Crippen molar-refractivity contribution in [2.45, 2.75) is 31.1 Å². The number of thioether (sulfide) groups is 1. The quantitative estimate of drug-likeness (QED) is 0.689. The van der Waals surface area contributed by atoms with E-state index in [0.29, 0.717) is 34.7 Å². The van der Waals surface area contributed by atoms with E-state index in [1.54, 1.807) is 17.8 Å². The van der Waals surface area contributed by atoms with Crippen molar-refractivity contribution in [3.63, 3.8) is 0 Å². The van der Waals surface area contributed by atoms with Gasteiger partial charge in [0.1, 0.15) is 5.82 Å². The first-order chi connectivity index (χ1) is 11.7. The number of aromatic amines is 1. The van der Waals surface area contributed by atoms with Crippen LogP contribution in [0.15, 0.2) is 29.1 Å². The first kappa shape index (κ1) is 17.0. The summed E-state index contributed by atoms with van der Waals surface area (Å²) in [5.41, 5.74) is 0.595. The fourth-order valence-corrected chi connectivity index (χ4v) is 3.62. The summed E-state index contributed by atoms with van der Waals surface area (Å²) in [6, 6.07) is 7.56. The zero-order valence-corrected chi connectivity index (χ0v) is 14.3.